The largest absolute Gasteiger partial charge is 0.355 e. The van der Waals surface area contributed by atoms with Gasteiger partial charge in [-0.1, -0.05) is 39.3 Å². The second kappa shape index (κ2) is 6.42. The fraction of sp³-hybridized carbons (Fsp3) is 0.714. The molecule has 108 valence electrons. The van der Waals surface area contributed by atoms with E-state index in [1.807, 2.05) is 7.05 Å². The van der Waals surface area contributed by atoms with Gasteiger partial charge in [0.2, 0.25) is 5.95 Å². The van der Waals surface area contributed by atoms with E-state index in [9.17, 15) is 0 Å². The molecule has 1 unspecified atom stereocenters. The molecule has 1 aromatic rings. The molecule has 5 heteroatoms. The molecule has 1 rings (SSSR count). The Bertz CT molecular complexity index is 414. The highest BCUT2D eigenvalue weighted by molar-refractivity contribution is 6.32. The molecule has 0 amide bonds. The number of halogens is 1. The third-order valence-corrected chi connectivity index (χ3v) is 3.69. The van der Waals surface area contributed by atoms with E-state index >= 15 is 0 Å². The average Bonchev–Trinajstić information content (AvgIpc) is 2.35. The number of nitrogens with one attached hydrogen (secondary N) is 1. The number of nitrogens with zero attached hydrogens (tertiary/aromatic N) is 3. The number of hydrogen-bond donors (Lipinski definition) is 1. The molecule has 0 aliphatic carbocycles. The van der Waals surface area contributed by atoms with Crippen molar-refractivity contribution >= 4 is 23.4 Å². The van der Waals surface area contributed by atoms with Crippen molar-refractivity contribution in [2.75, 3.05) is 23.8 Å². The Morgan fingerprint density at radius 3 is 2.58 bits per heavy atom. The van der Waals surface area contributed by atoms with Gasteiger partial charge in [0.05, 0.1) is 6.20 Å². The third-order valence-electron chi connectivity index (χ3n) is 3.43. The minimum Gasteiger partial charge on any atom is -0.355 e. The Morgan fingerprint density at radius 2 is 2.05 bits per heavy atom. The normalized spacial score (nSPS) is 13.2. The smallest absolute Gasteiger partial charge is 0.224 e. The summed E-state index contributed by atoms with van der Waals surface area (Å²) in [6, 6.07) is 0.318. The predicted octanol–water partition coefficient (Wildman–Crippen LogP) is 3.82. The van der Waals surface area contributed by atoms with Crippen LogP contribution in [0.25, 0.3) is 0 Å². The minimum absolute atomic E-state index is 0.153. The number of aromatic nitrogens is 2. The van der Waals surface area contributed by atoms with E-state index in [1.165, 1.54) is 0 Å². The molecule has 0 bridgehead atoms. The van der Waals surface area contributed by atoms with Gasteiger partial charge in [0, 0.05) is 19.6 Å². The zero-order chi connectivity index (χ0) is 14.6. The summed E-state index contributed by atoms with van der Waals surface area (Å²) in [7, 11) is 2.02. The summed E-state index contributed by atoms with van der Waals surface area (Å²) < 4.78 is 0. The van der Waals surface area contributed by atoms with Crippen LogP contribution in [0.15, 0.2) is 6.20 Å². The SMILES string of the molecule is CCCNc1ncc(Cl)c(N(C)C(C)C(C)(C)C)n1. The summed E-state index contributed by atoms with van der Waals surface area (Å²) in [5.74, 6) is 1.41. The maximum absolute atomic E-state index is 6.22. The van der Waals surface area contributed by atoms with Crippen molar-refractivity contribution in [1.29, 1.82) is 0 Å². The van der Waals surface area contributed by atoms with Gasteiger partial charge in [-0.25, -0.2) is 4.98 Å². The predicted molar refractivity (Wildman–Crippen MR) is 83.1 cm³/mol. The van der Waals surface area contributed by atoms with Crippen molar-refractivity contribution in [2.45, 2.75) is 47.1 Å². The summed E-state index contributed by atoms with van der Waals surface area (Å²) >= 11 is 6.22. The molecule has 0 aromatic carbocycles. The lowest BCUT2D eigenvalue weighted by molar-refractivity contribution is 0.328. The standard InChI is InChI=1S/C14H25ClN4/c1-7-8-16-13-17-9-11(15)12(18-13)19(6)10(2)14(3,4)5/h9-10H,7-8H2,1-6H3,(H,16,17,18). The Kier molecular flexibility index (Phi) is 5.41. The summed E-state index contributed by atoms with van der Waals surface area (Å²) in [5, 5.41) is 3.77. The third kappa shape index (κ3) is 4.23. The average molecular weight is 285 g/mol. The molecule has 1 atom stereocenters. The second-order valence-electron chi connectivity index (χ2n) is 5.94. The summed E-state index contributed by atoms with van der Waals surface area (Å²) in [4.78, 5) is 10.8. The van der Waals surface area contributed by atoms with Crippen LogP contribution >= 0.6 is 11.6 Å². The Hall–Kier alpha value is -1.03. The van der Waals surface area contributed by atoms with Crippen molar-refractivity contribution in [1.82, 2.24) is 9.97 Å². The molecule has 4 nitrogen and oxygen atoms in total. The molecular weight excluding hydrogens is 260 g/mol. The van der Waals surface area contributed by atoms with E-state index in [4.69, 9.17) is 11.6 Å². The van der Waals surface area contributed by atoms with E-state index in [0.29, 0.717) is 17.0 Å². The van der Waals surface area contributed by atoms with Crippen LogP contribution in [0, 0.1) is 5.41 Å². The van der Waals surface area contributed by atoms with Gasteiger partial charge in [0.25, 0.3) is 0 Å². The molecule has 1 aromatic heterocycles. The first kappa shape index (κ1) is 16.0. The van der Waals surface area contributed by atoms with Crippen LogP contribution < -0.4 is 10.2 Å². The molecule has 0 saturated heterocycles. The van der Waals surface area contributed by atoms with Gasteiger partial charge in [0.15, 0.2) is 5.82 Å². The molecule has 1 heterocycles. The molecule has 0 radical (unpaired) electrons. The highest BCUT2D eigenvalue weighted by atomic mass is 35.5. The number of rotatable bonds is 5. The van der Waals surface area contributed by atoms with Gasteiger partial charge < -0.3 is 10.2 Å². The lowest BCUT2D eigenvalue weighted by Crippen LogP contribution is -2.40. The molecule has 1 N–H and O–H groups in total. The van der Waals surface area contributed by atoms with E-state index in [-0.39, 0.29) is 5.41 Å². The van der Waals surface area contributed by atoms with Gasteiger partial charge in [-0.2, -0.15) is 4.98 Å². The molecule has 0 spiro atoms. The Morgan fingerprint density at radius 1 is 1.42 bits per heavy atom. The van der Waals surface area contributed by atoms with Crippen LogP contribution in [0.1, 0.15) is 41.0 Å². The van der Waals surface area contributed by atoms with E-state index in [1.54, 1.807) is 6.20 Å². The first-order valence-corrected chi connectivity index (χ1v) is 7.14. The van der Waals surface area contributed by atoms with Crippen LogP contribution in [0.5, 0.6) is 0 Å². The van der Waals surface area contributed by atoms with Crippen molar-refractivity contribution < 1.29 is 0 Å². The lowest BCUT2D eigenvalue weighted by atomic mass is 9.87. The van der Waals surface area contributed by atoms with Gasteiger partial charge in [-0.3, -0.25) is 0 Å². The van der Waals surface area contributed by atoms with Crippen LogP contribution in [0.2, 0.25) is 5.02 Å². The Balaban J connectivity index is 2.98. The molecule has 0 fully saturated rings. The monoisotopic (exact) mass is 284 g/mol. The highest BCUT2D eigenvalue weighted by Gasteiger charge is 2.26. The minimum atomic E-state index is 0.153. The molecule has 0 aliphatic rings. The zero-order valence-corrected chi connectivity index (χ0v) is 13.5. The van der Waals surface area contributed by atoms with Crippen molar-refractivity contribution in [3.05, 3.63) is 11.2 Å². The first-order chi connectivity index (χ1) is 8.77. The van der Waals surface area contributed by atoms with Crippen molar-refractivity contribution in [2.24, 2.45) is 5.41 Å². The van der Waals surface area contributed by atoms with Crippen LogP contribution in [0.4, 0.5) is 11.8 Å². The highest BCUT2D eigenvalue weighted by Crippen LogP contribution is 2.30. The molecule has 19 heavy (non-hydrogen) atoms. The summed E-state index contributed by atoms with van der Waals surface area (Å²) in [6.45, 7) is 11.8. The lowest BCUT2D eigenvalue weighted by Gasteiger charge is -2.36. The van der Waals surface area contributed by atoms with Crippen LogP contribution in [0.3, 0.4) is 0 Å². The molecule has 0 aliphatic heterocycles. The van der Waals surface area contributed by atoms with E-state index < -0.39 is 0 Å². The van der Waals surface area contributed by atoms with Crippen LogP contribution in [-0.4, -0.2) is 29.6 Å². The fourth-order valence-electron chi connectivity index (χ4n) is 1.69. The summed E-state index contributed by atoms with van der Waals surface area (Å²) in [6.07, 6.45) is 2.70. The van der Waals surface area contributed by atoms with E-state index in [0.717, 1.165) is 18.8 Å². The molecular formula is C14H25ClN4. The van der Waals surface area contributed by atoms with Gasteiger partial charge in [-0.15, -0.1) is 0 Å². The summed E-state index contributed by atoms with van der Waals surface area (Å²) in [5.41, 5.74) is 0.153. The zero-order valence-electron chi connectivity index (χ0n) is 12.8. The second-order valence-corrected chi connectivity index (χ2v) is 6.35. The quantitative estimate of drug-likeness (QED) is 0.892. The maximum atomic E-state index is 6.22. The topological polar surface area (TPSA) is 41.1 Å². The van der Waals surface area contributed by atoms with Gasteiger partial charge in [-0.05, 0) is 18.8 Å². The van der Waals surface area contributed by atoms with E-state index in [2.05, 4.69) is 54.8 Å². The molecule has 0 saturated carbocycles. The van der Waals surface area contributed by atoms with Crippen molar-refractivity contribution in [3.8, 4) is 0 Å². The van der Waals surface area contributed by atoms with Gasteiger partial charge >= 0.3 is 0 Å². The van der Waals surface area contributed by atoms with Crippen LogP contribution in [-0.2, 0) is 0 Å². The van der Waals surface area contributed by atoms with Gasteiger partial charge in [0.1, 0.15) is 5.02 Å². The fourth-order valence-corrected chi connectivity index (χ4v) is 1.92. The van der Waals surface area contributed by atoms with Crippen molar-refractivity contribution in [3.63, 3.8) is 0 Å². The number of anilines is 2. The maximum Gasteiger partial charge on any atom is 0.224 e. The Labute approximate surface area is 121 Å². The first-order valence-electron chi connectivity index (χ1n) is 6.76. The number of hydrogen-bond acceptors (Lipinski definition) is 4.